The number of nitrogens with zero attached hydrogens (tertiary/aromatic N) is 1. The summed E-state index contributed by atoms with van der Waals surface area (Å²) in [5.74, 6) is 0.333. The molecule has 3 rings (SSSR count). The fourth-order valence-electron chi connectivity index (χ4n) is 3.51. The van der Waals surface area contributed by atoms with Crippen LogP contribution in [0.1, 0.15) is 76.8 Å². The van der Waals surface area contributed by atoms with E-state index in [1.807, 2.05) is 6.21 Å². The normalized spacial score (nSPS) is 13.9. The van der Waals surface area contributed by atoms with Gasteiger partial charge in [-0.1, -0.05) is 84.0 Å². The van der Waals surface area contributed by atoms with Gasteiger partial charge in [-0.25, -0.2) is 0 Å². The Balaban J connectivity index is 2.00. The van der Waals surface area contributed by atoms with Crippen LogP contribution < -0.4 is 0 Å². The summed E-state index contributed by atoms with van der Waals surface area (Å²) in [6.07, 6.45) is 1.83. The first-order valence-corrected chi connectivity index (χ1v) is 10.4. The highest BCUT2D eigenvalue weighted by Crippen LogP contribution is 2.37. The van der Waals surface area contributed by atoms with Crippen molar-refractivity contribution in [1.82, 2.24) is 0 Å². The van der Waals surface area contributed by atoms with E-state index < -0.39 is 0 Å². The third kappa shape index (κ3) is 4.70. The number of benzene rings is 3. The number of rotatable bonds is 3. The van der Waals surface area contributed by atoms with Gasteiger partial charge in [0.1, 0.15) is 5.75 Å². The van der Waals surface area contributed by atoms with E-state index in [4.69, 9.17) is 4.99 Å². The number of aliphatic imine (C=N–C) groups is 1. The second-order valence-corrected chi connectivity index (χ2v) is 10.0. The molecule has 0 saturated heterocycles. The van der Waals surface area contributed by atoms with Gasteiger partial charge in [0, 0.05) is 17.3 Å². The van der Waals surface area contributed by atoms with Crippen LogP contribution >= 0.6 is 0 Å². The van der Waals surface area contributed by atoms with E-state index in [-0.39, 0.29) is 16.9 Å². The molecule has 29 heavy (non-hydrogen) atoms. The van der Waals surface area contributed by atoms with Gasteiger partial charge in [0.25, 0.3) is 0 Å². The molecule has 0 aliphatic carbocycles. The van der Waals surface area contributed by atoms with Crippen LogP contribution in [-0.4, -0.2) is 11.3 Å². The molecule has 0 aromatic heterocycles. The highest BCUT2D eigenvalue weighted by molar-refractivity contribution is 5.86. The van der Waals surface area contributed by atoms with E-state index in [2.05, 4.69) is 103 Å². The van der Waals surface area contributed by atoms with Gasteiger partial charge >= 0.3 is 0 Å². The zero-order valence-electron chi connectivity index (χ0n) is 18.7. The highest BCUT2D eigenvalue weighted by Gasteiger charge is 2.24. The Kier molecular flexibility index (Phi) is 5.58. The molecule has 0 aliphatic heterocycles. The quantitative estimate of drug-likeness (QED) is 0.469. The van der Waals surface area contributed by atoms with Gasteiger partial charge in [0.2, 0.25) is 0 Å². The Morgan fingerprint density at radius 1 is 0.828 bits per heavy atom. The SMILES string of the molecule is C[C@H](N=Cc1cc(C(C)(C)C)cc(C(C)(C)C)c1O)c1ccc2ccccc2c1. The van der Waals surface area contributed by atoms with E-state index in [0.29, 0.717) is 5.75 Å². The maximum atomic E-state index is 10.9. The minimum Gasteiger partial charge on any atom is -0.507 e. The van der Waals surface area contributed by atoms with Crippen molar-refractivity contribution in [3.8, 4) is 5.75 Å². The number of hydrogen-bond acceptors (Lipinski definition) is 2. The zero-order chi connectivity index (χ0) is 21.4. The molecule has 0 radical (unpaired) electrons. The van der Waals surface area contributed by atoms with Gasteiger partial charge in [-0.2, -0.15) is 0 Å². The van der Waals surface area contributed by atoms with E-state index in [9.17, 15) is 5.11 Å². The molecule has 1 N–H and O–H groups in total. The molecule has 152 valence electrons. The average Bonchev–Trinajstić information content (AvgIpc) is 2.64. The summed E-state index contributed by atoms with van der Waals surface area (Å²) in [6.45, 7) is 15.1. The second-order valence-electron chi connectivity index (χ2n) is 10.0. The Morgan fingerprint density at radius 2 is 1.48 bits per heavy atom. The Morgan fingerprint density at radius 3 is 2.10 bits per heavy atom. The van der Waals surface area contributed by atoms with Gasteiger partial charge < -0.3 is 5.11 Å². The number of fused-ring (bicyclic) bond motifs is 1. The third-order valence-corrected chi connectivity index (χ3v) is 5.51. The van der Waals surface area contributed by atoms with Crippen molar-refractivity contribution in [3.63, 3.8) is 0 Å². The van der Waals surface area contributed by atoms with E-state index in [1.165, 1.54) is 21.9 Å². The molecule has 0 heterocycles. The summed E-state index contributed by atoms with van der Waals surface area (Å²) >= 11 is 0. The number of hydrogen-bond donors (Lipinski definition) is 1. The lowest BCUT2D eigenvalue weighted by Crippen LogP contribution is -2.17. The summed E-state index contributed by atoms with van der Waals surface area (Å²) in [4.78, 5) is 4.79. The average molecular weight is 388 g/mol. The van der Waals surface area contributed by atoms with Crippen molar-refractivity contribution in [1.29, 1.82) is 0 Å². The lowest BCUT2D eigenvalue weighted by atomic mass is 9.79. The minimum absolute atomic E-state index is 0.000250. The predicted molar refractivity (Wildman–Crippen MR) is 125 cm³/mol. The van der Waals surface area contributed by atoms with E-state index in [0.717, 1.165) is 11.1 Å². The van der Waals surface area contributed by atoms with E-state index >= 15 is 0 Å². The minimum atomic E-state index is -0.141. The van der Waals surface area contributed by atoms with Gasteiger partial charge in [-0.15, -0.1) is 0 Å². The standard InChI is InChI=1S/C27H33NO/c1-18(20-13-12-19-10-8-9-11-21(19)14-20)28-17-22-15-23(26(2,3)4)16-24(25(22)29)27(5,6)7/h8-18,29H,1-7H3/t18-/m0/s1. The van der Waals surface area contributed by atoms with Crippen molar-refractivity contribution in [2.75, 3.05) is 0 Å². The van der Waals surface area contributed by atoms with Crippen LogP contribution in [0.3, 0.4) is 0 Å². The van der Waals surface area contributed by atoms with Crippen LogP contribution in [0.4, 0.5) is 0 Å². The molecule has 3 aromatic rings. The van der Waals surface area contributed by atoms with Gasteiger partial charge in [-0.3, -0.25) is 4.99 Å². The molecule has 0 saturated carbocycles. The maximum Gasteiger partial charge on any atom is 0.128 e. The fourth-order valence-corrected chi connectivity index (χ4v) is 3.51. The first-order chi connectivity index (χ1) is 13.5. The molecular formula is C27H33NO. The number of phenolic OH excluding ortho intramolecular Hbond substituents is 1. The van der Waals surface area contributed by atoms with Gasteiger partial charge in [-0.05, 0) is 51.8 Å². The summed E-state index contributed by atoms with van der Waals surface area (Å²) in [5.41, 5.74) is 3.99. The Hall–Kier alpha value is -2.61. The van der Waals surface area contributed by atoms with Gasteiger partial charge in [0.05, 0.1) is 6.04 Å². The molecule has 0 fully saturated rings. The molecule has 0 unspecified atom stereocenters. The summed E-state index contributed by atoms with van der Waals surface area (Å²) < 4.78 is 0. The number of phenols is 1. The largest absolute Gasteiger partial charge is 0.507 e. The van der Waals surface area contributed by atoms with Crippen molar-refractivity contribution in [2.45, 2.75) is 65.3 Å². The molecular weight excluding hydrogens is 354 g/mol. The molecule has 0 spiro atoms. The molecule has 3 aromatic carbocycles. The third-order valence-electron chi connectivity index (χ3n) is 5.51. The smallest absolute Gasteiger partial charge is 0.128 e. The topological polar surface area (TPSA) is 32.6 Å². The van der Waals surface area contributed by atoms with Crippen LogP contribution in [0.5, 0.6) is 5.75 Å². The van der Waals surface area contributed by atoms with E-state index in [1.54, 1.807) is 0 Å². The molecule has 2 heteroatoms. The summed E-state index contributed by atoms with van der Waals surface area (Å²) in [7, 11) is 0. The molecule has 0 amide bonds. The van der Waals surface area contributed by atoms with Crippen molar-refractivity contribution in [3.05, 3.63) is 76.9 Å². The first kappa shape index (κ1) is 21.1. The van der Waals surface area contributed by atoms with Gasteiger partial charge in [0.15, 0.2) is 0 Å². The molecule has 0 aliphatic rings. The second kappa shape index (κ2) is 7.67. The Bertz CT molecular complexity index is 1050. The monoisotopic (exact) mass is 387 g/mol. The lowest BCUT2D eigenvalue weighted by Gasteiger charge is -2.27. The van der Waals surface area contributed by atoms with Crippen LogP contribution in [-0.2, 0) is 10.8 Å². The fraction of sp³-hybridized carbons (Fsp3) is 0.370. The lowest BCUT2D eigenvalue weighted by molar-refractivity contribution is 0.444. The highest BCUT2D eigenvalue weighted by atomic mass is 16.3. The summed E-state index contributed by atoms with van der Waals surface area (Å²) in [6, 6.07) is 19.1. The predicted octanol–water partition coefficient (Wildman–Crippen LogP) is 7.32. The van der Waals surface area contributed by atoms with Crippen molar-refractivity contribution < 1.29 is 5.11 Å². The van der Waals surface area contributed by atoms with Crippen molar-refractivity contribution in [2.24, 2.45) is 4.99 Å². The zero-order valence-corrected chi connectivity index (χ0v) is 18.7. The number of aromatic hydroxyl groups is 1. The maximum absolute atomic E-state index is 10.9. The van der Waals surface area contributed by atoms with Crippen LogP contribution in [0.15, 0.2) is 59.6 Å². The van der Waals surface area contributed by atoms with Crippen LogP contribution in [0, 0.1) is 0 Å². The Labute approximate surface area is 175 Å². The van der Waals surface area contributed by atoms with Crippen LogP contribution in [0.25, 0.3) is 10.8 Å². The molecule has 2 nitrogen and oxygen atoms in total. The first-order valence-electron chi connectivity index (χ1n) is 10.4. The summed E-state index contributed by atoms with van der Waals surface area (Å²) in [5, 5.41) is 13.4. The van der Waals surface area contributed by atoms with Crippen molar-refractivity contribution >= 4 is 17.0 Å². The molecule has 0 bridgehead atoms. The molecule has 1 atom stereocenters. The van der Waals surface area contributed by atoms with Crippen LogP contribution in [0.2, 0.25) is 0 Å².